The molecule has 0 aromatic heterocycles. The molecule has 84 valence electrons. The number of ether oxygens (including phenoxy) is 1. The monoisotopic (exact) mass is 211 g/mol. The summed E-state index contributed by atoms with van der Waals surface area (Å²) in [6, 6.07) is 2.06. The lowest BCUT2D eigenvalue weighted by Gasteiger charge is -2.20. The number of nitrogens with zero attached hydrogens (tertiary/aromatic N) is 1. The minimum atomic E-state index is -0.838. The fourth-order valence-corrected chi connectivity index (χ4v) is 1.47. The van der Waals surface area contributed by atoms with Gasteiger partial charge < -0.3 is 15.8 Å². The van der Waals surface area contributed by atoms with Crippen LogP contribution in [0.5, 0.6) is 0 Å². The van der Waals surface area contributed by atoms with Gasteiger partial charge in [-0.1, -0.05) is 0 Å². The van der Waals surface area contributed by atoms with Crippen molar-refractivity contribution >= 4 is 5.91 Å². The third-order valence-corrected chi connectivity index (χ3v) is 2.51. The molecule has 0 aliphatic carbocycles. The second kappa shape index (κ2) is 5.69. The second-order valence-corrected chi connectivity index (χ2v) is 3.83. The maximum absolute atomic E-state index is 11.6. The van der Waals surface area contributed by atoms with E-state index in [4.69, 9.17) is 15.7 Å². The molecule has 1 amide bonds. The molecule has 15 heavy (non-hydrogen) atoms. The van der Waals surface area contributed by atoms with Gasteiger partial charge in [0.25, 0.3) is 0 Å². The fraction of sp³-hybridized carbons (Fsp3) is 0.800. The number of nitrogens with two attached hydrogens (primary N) is 1. The predicted octanol–water partition coefficient (Wildman–Crippen LogP) is -0.0857. The Morgan fingerprint density at radius 1 is 1.60 bits per heavy atom. The van der Waals surface area contributed by atoms with Gasteiger partial charge in [0.05, 0.1) is 12.7 Å². The Bertz CT molecular complexity index is 254. The summed E-state index contributed by atoms with van der Waals surface area (Å²) in [5.74, 6) is -0.142. The highest BCUT2D eigenvalue weighted by atomic mass is 16.5. The lowest BCUT2D eigenvalue weighted by molar-refractivity contribution is -0.126. The number of nitriles is 1. The first-order chi connectivity index (χ1) is 7.19. The second-order valence-electron chi connectivity index (χ2n) is 3.83. The van der Waals surface area contributed by atoms with Gasteiger partial charge in [-0.25, -0.2) is 0 Å². The quantitative estimate of drug-likeness (QED) is 0.622. The Balaban J connectivity index is 2.16. The maximum Gasteiger partial charge on any atom is 0.242 e. The summed E-state index contributed by atoms with van der Waals surface area (Å²) in [7, 11) is 0. The van der Waals surface area contributed by atoms with Crippen LogP contribution < -0.4 is 11.1 Å². The molecule has 1 saturated heterocycles. The molecule has 0 spiro atoms. The molecular weight excluding hydrogens is 194 g/mol. The first-order valence-electron chi connectivity index (χ1n) is 5.21. The Morgan fingerprint density at radius 2 is 2.40 bits per heavy atom. The highest BCUT2D eigenvalue weighted by molar-refractivity contribution is 5.86. The first kappa shape index (κ1) is 12.0. The predicted molar refractivity (Wildman–Crippen MR) is 54.8 cm³/mol. The average molecular weight is 211 g/mol. The van der Waals surface area contributed by atoms with E-state index in [1.54, 1.807) is 0 Å². The molecule has 5 nitrogen and oxygen atoms in total. The molecule has 1 aliphatic heterocycles. The molecule has 0 bridgehead atoms. The molecule has 1 rings (SSSR count). The van der Waals surface area contributed by atoms with E-state index in [0.29, 0.717) is 32.6 Å². The third kappa shape index (κ3) is 3.50. The number of rotatable bonds is 5. The van der Waals surface area contributed by atoms with E-state index < -0.39 is 5.54 Å². The van der Waals surface area contributed by atoms with Crippen LogP contribution in [0.25, 0.3) is 0 Å². The van der Waals surface area contributed by atoms with Crippen LogP contribution in [-0.2, 0) is 9.53 Å². The van der Waals surface area contributed by atoms with E-state index in [0.717, 1.165) is 12.8 Å². The molecule has 0 saturated carbocycles. The molecule has 1 fully saturated rings. The van der Waals surface area contributed by atoms with Crippen molar-refractivity contribution in [2.75, 3.05) is 19.8 Å². The number of amides is 1. The molecule has 1 unspecified atom stereocenters. The summed E-state index contributed by atoms with van der Waals surface area (Å²) in [6.45, 7) is 1.44. The van der Waals surface area contributed by atoms with Crippen LogP contribution in [-0.4, -0.2) is 31.2 Å². The summed E-state index contributed by atoms with van der Waals surface area (Å²) in [5.41, 5.74) is 5.02. The summed E-state index contributed by atoms with van der Waals surface area (Å²) >= 11 is 0. The lowest BCUT2D eigenvalue weighted by Crippen LogP contribution is -2.54. The van der Waals surface area contributed by atoms with Crippen molar-refractivity contribution in [2.24, 2.45) is 5.73 Å². The van der Waals surface area contributed by atoms with Crippen molar-refractivity contribution in [1.82, 2.24) is 5.32 Å². The average Bonchev–Trinajstić information content (AvgIpc) is 2.66. The van der Waals surface area contributed by atoms with Crippen LogP contribution >= 0.6 is 0 Å². The Hall–Kier alpha value is -1.12. The van der Waals surface area contributed by atoms with Crippen LogP contribution in [0.2, 0.25) is 0 Å². The van der Waals surface area contributed by atoms with Gasteiger partial charge in [-0.3, -0.25) is 4.79 Å². The lowest BCUT2D eigenvalue weighted by atomic mass is 9.99. The topological polar surface area (TPSA) is 88.1 Å². The Morgan fingerprint density at radius 3 is 3.00 bits per heavy atom. The van der Waals surface area contributed by atoms with Gasteiger partial charge in [-0.15, -0.1) is 0 Å². The standard InChI is InChI=1S/C10H17N3O2/c11-5-2-1-3-6-13-9(14)10(12)4-7-15-8-10/h1-4,6-8,12H2,(H,13,14). The first-order valence-corrected chi connectivity index (χ1v) is 5.21. The molecule has 1 atom stereocenters. The molecule has 0 aromatic carbocycles. The zero-order valence-electron chi connectivity index (χ0n) is 8.79. The summed E-state index contributed by atoms with van der Waals surface area (Å²) in [5, 5.41) is 11.1. The minimum absolute atomic E-state index is 0.142. The summed E-state index contributed by atoms with van der Waals surface area (Å²) < 4.78 is 5.10. The number of carbonyl (C=O) groups is 1. The molecule has 0 radical (unpaired) electrons. The van der Waals surface area contributed by atoms with Gasteiger partial charge in [0.1, 0.15) is 5.54 Å². The largest absolute Gasteiger partial charge is 0.379 e. The van der Waals surface area contributed by atoms with Crippen molar-refractivity contribution in [3.63, 3.8) is 0 Å². The molecular formula is C10H17N3O2. The number of unbranched alkanes of at least 4 members (excludes halogenated alkanes) is 2. The SMILES string of the molecule is N#CCCCCNC(=O)C1(N)CCOC1. The highest BCUT2D eigenvalue weighted by Crippen LogP contribution is 2.15. The fourth-order valence-electron chi connectivity index (χ4n) is 1.47. The minimum Gasteiger partial charge on any atom is -0.379 e. The Labute approximate surface area is 89.6 Å². The van der Waals surface area contributed by atoms with Gasteiger partial charge in [0, 0.05) is 19.6 Å². The van der Waals surface area contributed by atoms with Crippen LogP contribution in [0.15, 0.2) is 0 Å². The normalized spacial score (nSPS) is 24.8. The van der Waals surface area contributed by atoms with Gasteiger partial charge >= 0.3 is 0 Å². The van der Waals surface area contributed by atoms with E-state index in [9.17, 15) is 4.79 Å². The molecule has 0 aromatic rings. The summed E-state index contributed by atoms with van der Waals surface area (Å²) in [4.78, 5) is 11.6. The van der Waals surface area contributed by atoms with Crippen molar-refractivity contribution in [3.05, 3.63) is 0 Å². The van der Waals surface area contributed by atoms with E-state index in [2.05, 4.69) is 11.4 Å². The number of hydrogen-bond donors (Lipinski definition) is 2. The van der Waals surface area contributed by atoms with E-state index in [1.807, 2.05) is 0 Å². The van der Waals surface area contributed by atoms with Crippen molar-refractivity contribution in [1.29, 1.82) is 5.26 Å². The Kier molecular flexibility index (Phi) is 4.53. The van der Waals surface area contributed by atoms with Gasteiger partial charge in [-0.2, -0.15) is 5.26 Å². The van der Waals surface area contributed by atoms with Crippen LogP contribution in [0.3, 0.4) is 0 Å². The van der Waals surface area contributed by atoms with Crippen molar-refractivity contribution < 1.29 is 9.53 Å². The number of carbonyl (C=O) groups excluding carboxylic acids is 1. The van der Waals surface area contributed by atoms with Crippen LogP contribution in [0.4, 0.5) is 0 Å². The van der Waals surface area contributed by atoms with E-state index in [1.165, 1.54) is 0 Å². The van der Waals surface area contributed by atoms with Crippen molar-refractivity contribution in [3.8, 4) is 6.07 Å². The molecule has 1 aliphatic rings. The zero-order valence-corrected chi connectivity index (χ0v) is 8.79. The van der Waals surface area contributed by atoms with Gasteiger partial charge in [-0.05, 0) is 19.3 Å². The molecule has 5 heteroatoms. The van der Waals surface area contributed by atoms with Crippen LogP contribution in [0.1, 0.15) is 25.7 Å². The maximum atomic E-state index is 11.6. The van der Waals surface area contributed by atoms with Gasteiger partial charge in [0.2, 0.25) is 5.91 Å². The molecule has 1 heterocycles. The number of hydrogen-bond acceptors (Lipinski definition) is 4. The van der Waals surface area contributed by atoms with Crippen molar-refractivity contribution in [2.45, 2.75) is 31.2 Å². The highest BCUT2D eigenvalue weighted by Gasteiger charge is 2.37. The smallest absolute Gasteiger partial charge is 0.242 e. The third-order valence-electron chi connectivity index (χ3n) is 2.51. The van der Waals surface area contributed by atoms with Crippen LogP contribution in [0, 0.1) is 11.3 Å². The van der Waals surface area contributed by atoms with Gasteiger partial charge in [0.15, 0.2) is 0 Å². The van der Waals surface area contributed by atoms with E-state index in [-0.39, 0.29) is 5.91 Å². The zero-order chi connectivity index (χ0) is 11.1. The number of nitrogens with one attached hydrogen (secondary N) is 1. The summed E-state index contributed by atoms with van der Waals surface area (Å²) in [6.07, 6.45) is 2.74. The van der Waals surface area contributed by atoms with E-state index >= 15 is 0 Å². The molecule has 3 N–H and O–H groups in total.